The number of hydrogen-bond acceptors (Lipinski definition) is 5. The molecular formula is C32H40O5Si. The maximum absolute atomic E-state index is 7.28. The smallest absolute Gasteiger partial charge is 0.261 e. The van der Waals surface area contributed by atoms with Crippen molar-refractivity contribution in [3.8, 4) is 0 Å². The van der Waals surface area contributed by atoms with Crippen molar-refractivity contribution in [3.05, 3.63) is 96.6 Å². The SMILES string of the molecule is CC1(C)OC2OC(C)(CO[Si](c3ccccc3)(c3ccccc3)C(C)(C)C)C(OCc3ccccc3)C2O1. The van der Waals surface area contributed by atoms with E-state index in [1.165, 1.54) is 10.4 Å². The van der Waals surface area contributed by atoms with E-state index in [4.69, 9.17) is 23.4 Å². The van der Waals surface area contributed by atoms with E-state index in [-0.39, 0.29) is 17.2 Å². The number of ether oxygens (including phenoxy) is 4. The largest absolute Gasteiger partial charge is 0.404 e. The molecule has 6 heteroatoms. The minimum absolute atomic E-state index is 0.143. The Morgan fingerprint density at radius 3 is 1.79 bits per heavy atom. The summed E-state index contributed by atoms with van der Waals surface area (Å²) in [6.45, 7) is 13.5. The fourth-order valence-electron chi connectivity index (χ4n) is 5.89. The van der Waals surface area contributed by atoms with Crippen LogP contribution in [0.2, 0.25) is 5.04 Å². The van der Waals surface area contributed by atoms with Gasteiger partial charge in [0.1, 0.15) is 17.8 Å². The lowest BCUT2D eigenvalue weighted by Gasteiger charge is -2.45. The summed E-state index contributed by atoms with van der Waals surface area (Å²) < 4.78 is 32.9. The predicted molar refractivity (Wildman–Crippen MR) is 152 cm³/mol. The minimum Gasteiger partial charge on any atom is -0.404 e. The zero-order valence-electron chi connectivity index (χ0n) is 23.3. The molecule has 0 amide bonds. The van der Waals surface area contributed by atoms with Gasteiger partial charge in [-0.2, -0.15) is 0 Å². The first-order valence-electron chi connectivity index (χ1n) is 13.5. The Bertz CT molecular complexity index is 1160. The number of fused-ring (bicyclic) bond motifs is 1. The molecule has 2 aliphatic heterocycles. The molecule has 5 rings (SSSR count). The second kappa shape index (κ2) is 10.3. The Morgan fingerprint density at radius 2 is 1.26 bits per heavy atom. The molecule has 2 saturated heterocycles. The van der Waals surface area contributed by atoms with Crippen LogP contribution in [0, 0.1) is 0 Å². The van der Waals surface area contributed by atoms with E-state index in [9.17, 15) is 0 Å². The molecular weight excluding hydrogens is 492 g/mol. The second-order valence-corrected chi connectivity index (χ2v) is 16.4. The van der Waals surface area contributed by atoms with Crippen molar-refractivity contribution in [3.63, 3.8) is 0 Å². The maximum atomic E-state index is 7.28. The summed E-state index contributed by atoms with van der Waals surface area (Å²) in [4.78, 5) is 0. The highest BCUT2D eigenvalue weighted by Gasteiger charge is 2.62. The third kappa shape index (κ3) is 5.14. The lowest BCUT2D eigenvalue weighted by atomic mass is 9.98. The molecule has 202 valence electrons. The molecule has 3 aromatic carbocycles. The highest BCUT2D eigenvalue weighted by molar-refractivity contribution is 6.99. The Hall–Kier alpha value is -2.32. The van der Waals surface area contributed by atoms with Gasteiger partial charge in [-0.05, 0) is 41.7 Å². The van der Waals surface area contributed by atoms with Crippen molar-refractivity contribution in [2.45, 2.75) is 83.1 Å². The average Bonchev–Trinajstić information content (AvgIpc) is 3.31. The van der Waals surface area contributed by atoms with Crippen LogP contribution in [0.1, 0.15) is 47.1 Å². The molecule has 0 radical (unpaired) electrons. The van der Waals surface area contributed by atoms with E-state index in [0.29, 0.717) is 13.2 Å². The number of hydrogen-bond donors (Lipinski definition) is 0. The van der Waals surface area contributed by atoms with Gasteiger partial charge in [-0.1, -0.05) is 112 Å². The summed E-state index contributed by atoms with van der Waals surface area (Å²) in [6, 6.07) is 31.5. The standard InChI is InChI=1S/C32H40O5Si/c1-30(2,3)38(25-18-12-8-13-19-25,26-20-14-9-15-21-26)34-23-32(6)28(33-22-24-16-10-7-11-17-24)27-29(37-32)36-31(4,5)35-27/h7-21,27-29H,22-23H2,1-6H3. The van der Waals surface area contributed by atoms with E-state index in [0.717, 1.165) is 5.56 Å². The zero-order valence-corrected chi connectivity index (χ0v) is 24.3. The van der Waals surface area contributed by atoms with Crippen LogP contribution in [-0.4, -0.2) is 44.8 Å². The van der Waals surface area contributed by atoms with Crippen molar-refractivity contribution in [1.29, 1.82) is 0 Å². The number of benzene rings is 3. The summed E-state index contributed by atoms with van der Waals surface area (Å²) in [7, 11) is -2.76. The topological polar surface area (TPSA) is 46.2 Å². The summed E-state index contributed by atoms with van der Waals surface area (Å²) in [5, 5.41) is 2.32. The molecule has 38 heavy (non-hydrogen) atoms. The van der Waals surface area contributed by atoms with Gasteiger partial charge in [-0.15, -0.1) is 0 Å². The second-order valence-electron chi connectivity index (χ2n) is 12.1. The molecule has 2 heterocycles. The van der Waals surface area contributed by atoms with Crippen molar-refractivity contribution in [1.82, 2.24) is 0 Å². The first kappa shape index (κ1) is 27.3. The molecule has 4 unspecified atom stereocenters. The minimum atomic E-state index is -2.76. The highest BCUT2D eigenvalue weighted by atomic mass is 28.4. The van der Waals surface area contributed by atoms with Crippen LogP contribution in [0.25, 0.3) is 0 Å². The molecule has 0 aliphatic carbocycles. The molecule has 2 aliphatic rings. The third-order valence-corrected chi connectivity index (χ3v) is 12.6. The molecule has 5 nitrogen and oxygen atoms in total. The van der Waals surface area contributed by atoms with E-state index in [1.807, 2.05) is 32.0 Å². The zero-order chi connectivity index (χ0) is 27.0. The van der Waals surface area contributed by atoms with Gasteiger partial charge in [0.25, 0.3) is 8.32 Å². The fraction of sp³-hybridized carbons (Fsp3) is 0.438. The Balaban J connectivity index is 1.49. The molecule has 2 fully saturated rings. The molecule has 0 spiro atoms. The first-order chi connectivity index (χ1) is 18.0. The summed E-state index contributed by atoms with van der Waals surface area (Å²) in [5.41, 5.74) is 0.331. The van der Waals surface area contributed by atoms with E-state index in [2.05, 4.69) is 100 Å². The van der Waals surface area contributed by atoms with Gasteiger partial charge >= 0.3 is 0 Å². The molecule has 0 aromatic heterocycles. The van der Waals surface area contributed by atoms with Gasteiger partial charge in [-0.25, -0.2) is 0 Å². The first-order valence-corrected chi connectivity index (χ1v) is 15.4. The Morgan fingerprint density at radius 1 is 0.737 bits per heavy atom. The lowest BCUT2D eigenvalue weighted by molar-refractivity contribution is -0.246. The predicted octanol–water partition coefficient (Wildman–Crippen LogP) is 5.41. The Labute approximate surface area is 228 Å². The van der Waals surface area contributed by atoms with Crippen molar-refractivity contribution >= 4 is 18.7 Å². The molecule has 0 saturated carbocycles. The van der Waals surface area contributed by atoms with Crippen molar-refractivity contribution in [2.75, 3.05) is 6.61 Å². The van der Waals surface area contributed by atoms with Crippen LogP contribution >= 0.6 is 0 Å². The van der Waals surface area contributed by atoms with Crippen molar-refractivity contribution in [2.24, 2.45) is 0 Å². The van der Waals surface area contributed by atoms with Crippen LogP contribution in [0.15, 0.2) is 91.0 Å². The Kier molecular flexibility index (Phi) is 7.41. The van der Waals surface area contributed by atoms with Gasteiger partial charge in [0.15, 0.2) is 12.1 Å². The van der Waals surface area contributed by atoms with Crippen LogP contribution in [0.4, 0.5) is 0 Å². The van der Waals surface area contributed by atoms with E-state index < -0.39 is 26.0 Å². The van der Waals surface area contributed by atoms with Gasteiger partial charge in [-0.3, -0.25) is 0 Å². The van der Waals surface area contributed by atoms with E-state index in [1.54, 1.807) is 0 Å². The van der Waals surface area contributed by atoms with Crippen LogP contribution in [0.5, 0.6) is 0 Å². The van der Waals surface area contributed by atoms with Crippen LogP contribution < -0.4 is 10.4 Å². The summed E-state index contributed by atoms with van der Waals surface area (Å²) >= 11 is 0. The van der Waals surface area contributed by atoms with Gasteiger partial charge in [0, 0.05) is 0 Å². The summed E-state index contributed by atoms with van der Waals surface area (Å²) in [6.07, 6.45) is -1.23. The van der Waals surface area contributed by atoms with Gasteiger partial charge < -0.3 is 23.4 Å². The third-order valence-electron chi connectivity index (χ3n) is 7.64. The molecule has 0 N–H and O–H groups in total. The monoisotopic (exact) mass is 532 g/mol. The molecule has 0 bridgehead atoms. The van der Waals surface area contributed by atoms with E-state index >= 15 is 0 Å². The average molecular weight is 533 g/mol. The summed E-state index contributed by atoms with van der Waals surface area (Å²) in [5.74, 6) is -0.732. The maximum Gasteiger partial charge on any atom is 0.261 e. The molecule has 3 aromatic rings. The number of rotatable bonds is 8. The normalized spacial score (nSPS) is 26.8. The quantitative estimate of drug-likeness (QED) is 0.363. The highest BCUT2D eigenvalue weighted by Crippen LogP contribution is 2.45. The van der Waals surface area contributed by atoms with Crippen LogP contribution in [-0.2, 0) is 30.0 Å². The fourth-order valence-corrected chi connectivity index (χ4v) is 10.6. The van der Waals surface area contributed by atoms with Crippen molar-refractivity contribution < 1.29 is 23.4 Å². The van der Waals surface area contributed by atoms with Gasteiger partial charge in [0.2, 0.25) is 0 Å². The molecule has 4 atom stereocenters. The van der Waals surface area contributed by atoms with Crippen LogP contribution in [0.3, 0.4) is 0 Å². The van der Waals surface area contributed by atoms with Gasteiger partial charge in [0.05, 0.1) is 13.2 Å². The lowest BCUT2D eigenvalue weighted by Crippen LogP contribution is -2.68.